The molecule has 0 rings (SSSR count). The predicted molar refractivity (Wildman–Crippen MR) is 33.0 cm³/mol. The molecule has 0 amide bonds. The van der Waals surface area contributed by atoms with Crippen molar-refractivity contribution in [2.45, 2.75) is 12.6 Å². The summed E-state index contributed by atoms with van der Waals surface area (Å²) in [5, 5.41) is 9.16. The van der Waals surface area contributed by atoms with Crippen LogP contribution >= 0.6 is 0 Å². The molecule has 0 aromatic heterocycles. The van der Waals surface area contributed by atoms with Crippen molar-refractivity contribution < 1.29 is 0 Å². The lowest BCUT2D eigenvalue weighted by atomic mass is 10.4. The highest BCUT2D eigenvalue weighted by Crippen LogP contribution is 1.75. The Balaban J connectivity index is 3.24. The highest BCUT2D eigenvalue weighted by Gasteiger charge is 1.94. The van der Waals surface area contributed by atoms with Gasteiger partial charge in [0.1, 0.15) is 0 Å². The van der Waals surface area contributed by atoms with Gasteiger partial charge in [-0.3, -0.25) is 5.41 Å². The van der Waals surface area contributed by atoms with E-state index in [1.165, 1.54) is 0 Å². The molecule has 0 bridgehead atoms. The van der Waals surface area contributed by atoms with E-state index >= 15 is 0 Å². The maximum Gasteiger partial charge on any atom is 0.186 e. The van der Waals surface area contributed by atoms with Gasteiger partial charge >= 0.3 is 0 Å². The van der Waals surface area contributed by atoms with Crippen molar-refractivity contribution in [3.05, 3.63) is 6.92 Å². The molecule has 0 saturated heterocycles. The third-order valence-corrected chi connectivity index (χ3v) is 0.652. The number of guanidine groups is 1. The molecule has 8 heavy (non-hydrogen) atoms. The first-order chi connectivity index (χ1) is 3.66. The largest absolute Gasteiger partial charge is 0.370 e. The van der Waals surface area contributed by atoms with Gasteiger partial charge in [-0.1, -0.05) is 0 Å². The zero-order valence-electron chi connectivity index (χ0n) is 4.65. The highest BCUT2D eigenvalue weighted by atomic mass is 15.1. The van der Waals surface area contributed by atoms with E-state index in [1.54, 1.807) is 0 Å². The summed E-state index contributed by atoms with van der Waals surface area (Å²) in [6, 6.07) is 0. The first-order valence-corrected chi connectivity index (χ1v) is 2.32. The quantitative estimate of drug-likeness (QED) is 0.211. The van der Waals surface area contributed by atoms with Gasteiger partial charge in [-0.2, -0.15) is 0 Å². The Morgan fingerprint density at radius 1 is 1.88 bits per heavy atom. The van der Waals surface area contributed by atoms with Gasteiger partial charge < -0.3 is 16.8 Å². The van der Waals surface area contributed by atoms with Crippen LogP contribution in [-0.4, -0.2) is 12.1 Å². The van der Waals surface area contributed by atoms with Crippen molar-refractivity contribution in [2.24, 2.45) is 11.5 Å². The van der Waals surface area contributed by atoms with Gasteiger partial charge in [0.15, 0.2) is 5.96 Å². The second-order valence-corrected chi connectivity index (χ2v) is 1.45. The van der Waals surface area contributed by atoms with Crippen LogP contribution in [0.25, 0.3) is 0 Å². The molecular formula is C4H11N4. The van der Waals surface area contributed by atoms with E-state index < -0.39 is 0 Å². The lowest BCUT2D eigenvalue weighted by Crippen LogP contribution is -2.44. The first-order valence-electron chi connectivity index (χ1n) is 2.32. The van der Waals surface area contributed by atoms with Crippen LogP contribution in [0.15, 0.2) is 0 Å². The zero-order valence-corrected chi connectivity index (χ0v) is 4.65. The molecule has 0 spiro atoms. The molecule has 1 atom stereocenters. The minimum absolute atomic E-state index is 0.110. The van der Waals surface area contributed by atoms with Gasteiger partial charge in [0.2, 0.25) is 0 Å². The maximum absolute atomic E-state index is 6.69. The van der Waals surface area contributed by atoms with E-state index in [2.05, 4.69) is 12.2 Å². The highest BCUT2D eigenvalue weighted by molar-refractivity contribution is 5.74. The summed E-state index contributed by atoms with van der Waals surface area (Å²) in [6.07, 6.45) is 0.243. The zero-order chi connectivity index (χ0) is 6.57. The van der Waals surface area contributed by atoms with Crippen molar-refractivity contribution in [3.63, 3.8) is 0 Å². The second-order valence-electron chi connectivity index (χ2n) is 1.45. The van der Waals surface area contributed by atoms with Crippen LogP contribution < -0.4 is 16.8 Å². The maximum atomic E-state index is 6.69. The summed E-state index contributed by atoms with van der Waals surface area (Å²) >= 11 is 0. The summed E-state index contributed by atoms with van der Waals surface area (Å²) in [6.45, 7) is 3.50. The van der Waals surface area contributed by atoms with E-state index in [9.17, 15) is 0 Å². The molecule has 1 unspecified atom stereocenters. The van der Waals surface area contributed by atoms with Crippen molar-refractivity contribution in [3.8, 4) is 0 Å². The van der Waals surface area contributed by atoms with E-state index in [1.807, 2.05) is 0 Å². The number of nitrogens with one attached hydrogen (secondary N) is 2. The fraction of sp³-hybridized carbons (Fsp3) is 0.500. The molecule has 1 radical (unpaired) electrons. The van der Waals surface area contributed by atoms with Crippen LogP contribution in [0.3, 0.4) is 0 Å². The Labute approximate surface area is 48.7 Å². The second kappa shape index (κ2) is 3.26. The summed E-state index contributed by atoms with van der Waals surface area (Å²) in [4.78, 5) is 0. The first kappa shape index (κ1) is 7.23. The molecule has 47 valence electrons. The van der Waals surface area contributed by atoms with Crippen molar-refractivity contribution in [1.82, 2.24) is 5.32 Å². The van der Waals surface area contributed by atoms with Crippen LogP contribution in [-0.2, 0) is 0 Å². The molecule has 0 aromatic rings. The van der Waals surface area contributed by atoms with E-state index in [-0.39, 0.29) is 12.1 Å². The van der Waals surface area contributed by atoms with Crippen LogP contribution in [0.4, 0.5) is 0 Å². The smallest absolute Gasteiger partial charge is 0.186 e. The SMILES string of the molecule is [CH2]CC(N)NC(=N)N. The Morgan fingerprint density at radius 2 is 2.38 bits per heavy atom. The molecule has 0 fully saturated rings. The minimum Gasteiger partial charge on any atom is -0.370 e. The Morgan fingerprint density at radius 3 is 2.50 bits per heavy atom. The normalized spacial score (nSPS) is 12.8. The topological polar surface area (TPSA) is 87.9 Å². The molecule has 0 heterocycles. The third kappa shape index (κ3) is 3.42. The number of rotatable bonds is 2. The lowest BCUT2D eigenvalue weighted by molar-refractivity contribution is 0.636. The number of hydrogen-bond donors (Lipinski definition) is 4. The molecule has 6 N–H and O–H groups in total. The molecule has 0 aliphatic rings. The Bertz CT molecular complexity index is 80.1. The molecule has 0 saturated carbocycles. The lowest BCUT2D eigenvalue weighted by Gasteiger charge is -2.08. The van der Waals surface area contributed by atoms with Crippen LogP contribution in [0.1, 0.15) is 6.42 Å². The van der Waals surface area contributed by atoms with Crippen LogP contribution in [0, 0.1) is 12.3 Å². The summed E-state index contributed by atoms with van der Waals surface area (Å²) < 4.78 is 0. The monoisotopic (exact) mass is 115 g/mol. The summed E-state index contributed by atoms with van der Waals surface area (Å²) in [7, 11) is 0. The molecular weight excluding hydrogens is 104 g/mol. The van der Waals surface area contributed by atoms with E-state index in [4.69, 9.17) is 16.9 Å². The van der Waals surface area contributed by atoms with E-state index in [0.29, 0.717) is 6.42 Å². The van der Waals surface area contributed by atoms with Crippen LogP contribution in [0.2, 0.25) is 0 Å². The molecule has 0 aromatic carbocycles. The average Bonchev–Trinajstić information content (AvgIpc) is 1.65. The van der Waals surface area contributed by atoms with E-state index in [0.717, 1.165) is 0 Å². The molecule has 0 aliphatic heterocycles. The van der Waals surface area contributed by atoms with Gasteiger partial charge in [-0.05, 0) is 13.3 Å². The fourth-order valence-electron chi connectivity index (χ4n) is 0.272. The van der Waals surface area contributed by atoms with Gasteiger partial charge in [-0.15, -0.1) is 0 Å². The molecule has 4 heteroatoms. The molecule has 0 aliphatic carbocycles. The van der Waals surface area contributed by atoms with Gasteiger partial charge in [0.25, 0.3) is 0 Å². The fourth-order valence-corrected chi connectivity index (χ4v) is 0.272. The van der Waals surface area contributed by atoms with Crippen molar-refractivity contribution in [1.29, 1.82) is 5.41 Å². The predicted octanol–water partition coefficient (Wildman–Crippen LogP) is -1.02. The van der Waals surface area contributed by atoms with Gasteiger partial charge in [0.05, 0.1) is 6.17 Å². The van der Waals surface area contributed by atoms with Crippen LogP contribution in [0.5, 0.6) is 0 Å². The number of nitrogens with two attached hydrogens (primary N) is 2. The average molecular weight is 115 g/mol. The van der Waals surface area contributed by atoms with Gasteiger partial charge in [-0.25, -0.2) is 0 Å². The third-order valence-electron chi connectivity index (χ3n) is 0.652. The minimum atomic E-state index is -0.285. The summed E-state index contributed by atoms with van der Waals surface area (Å²) in [5.41, 5.74) is 10.2. The number of hydrogen-bond acceptors (Lipinski definition) is 2. The van der Waals surface area contributed by atoms with Gasteiger partial charge in [0, 0.05) is 0 Å². The standard InChI is InChI=1S/C4H11N4/c1-2-3(5)8-4(6)7/h3H,1-2,5H2,(H4,6,7,8). The van der Waals surface area contributed by atoms with Crippen molar-refractivity contribution >= 4 is 5.96 Å². The summed E-state index contributed by atoms with van der Waals surface area (Å²) in [5.74, 6) is -0.110. The molecule has 4 nitrogen and oxygen atoms in total. The Hall–Kier alpha value is -0.770. The van der Waals surface area contributed by atoms with Crippen molar-refractivity contribution in [2.75, 3.05) is 0 Å². The Kier molecular flexibility index (Phi) is 2.95.